The summed E-state index contributed by atoms with van der Waals surface area (Å²) in [6.45, 7) is 2.25. The van der Waals surface area contributed by atoms with Crippen molar-refractivity contribution >= 4 is 19.8 Å². The zero-order valence-electron chi connectivity index (χ0n) is 36.2. The van der Waals surface area contributed by atoms with Gasteiger partial charge in [0.1, 0.15) is 12.7 Å². The smallest absolute Gasteiger partial charge is 0.462 e. The Hall–Kier alpha value is -2.59. The second-order valence-electron chi connectivity index (χ2n) is 14.7. The number of hydrogen-bond acceptors (Lipinski definition) is 9. The van der Waals surface area contributed by atoms with E-state index in [0.29, 0.717) is 19.3 Å². The summed E-state index contributed by atoms with van der Waals surface area (Å²) in [5.41, 5.74) is 0. The van der Waals surface area contributed by atoms with Crippen LogP contribution in [0.4, 0.5) is 0 Å². The number of aliphatic hydroxyl groups is 2. The average molecular weight is 837 g/mol. The molecule has 334 valence electrons. The highest BCUT2D eigenvalue weighted by atomic mass is 31.2. The number of aliphatic hydroxyl groups excluding tert-OH is 2. The molecule has 0 aliphatic heterocycles. The number of esters is 2. The first kappa shape index (κ1) is 55.4. The van der Waals surface area contributed by atoms with Crippen LogP contribution in [0.3, 0.4) is 0 Å². The molecule has 0 aromatic heterocycles. The van der Waals surface area contributed by atoms with E-state index in [1.54, 1.807) is 0 Å². The normalized spacial score (nSPS) is 14.5. The van der Waals surface area contributed by atoms with Crippen molar-refractivity contribution in [2.45, 2.75) is 187 Å². The van der Waals surface area contributed by atoms with Crippen LogP contribution >= 0.6 is 7.82 Å². The summed E-state index contributed by atoms with van der Waals surface area (Å²) in [7, 11) is -4.64. The molecule has 0 heterocycles. The third-order valence-electron chi connectivity index (χ3n) is 9.08. The molecule has 0 spiro atoms. The molecule has 0 radical (unpaired) electrons. The van der Waals surface area contributed by atoms with E-state index in [-0.39, 0.29) is 19.4 Å². The maximum Gasteiger partial charge on any atom is 0.472 e. The lowest BCUT2D eigenvalue weighted by Crippen LogP contribution is -2.29. The molecular formula is C47H81O10P. The summed E-state index contributed by atoms with van der Waals surface area (Å²) in [5.74, 6) is -1.01. The monoisotopic (exact) mass is 837 g/mol. The predicted octanol–water partition coefficient (Wildman–Crippen LogP) is 12.1. The minimum Gasteiger partial charge on any atom is -0.462 e. The quantitative estimate of drug-likeness (QED) is 0.0235. The number of ether oxygens (including phenoxy) is 2. The van der Waals surface area contributed by atoms with Crippen molar-refractivity contribution in [1.29, 1.82) is 0 Å². The summed E-state index contributed by atoms with van der Waals surface area (Å²) in [6, 6.07) is 0. The number of unbranched alkanes of at least 4 members (excludes halogenated alkanes) is 15. The van der Waals surface area contributed by atoms with Gasteiger partial charge >= 0.3 is 19.8 Å². The van der Waals surface area contributed by atoms with Gasteiger partial charge in [-0.05, 0) is 77.0 Å². The van der Waals surface area contributed by atoms with Gasteiger partial charge in [0.25, 0.3) is 0 Å². The fourth-order valence-corrected chi connectivity index (χ4v) is 6.38. The van der Waals surface area contributed by atoms with E-state index in [1.165, 1.54) is 64.2 Å². The van der Waals surface area contributed by atoms with Gasteiger partial charge in [0.2, 0.25) is 0 Å². The molecule has 3 atom stereocenters. The highest BCUT2D eigenvalue weighted by molar-refractivity contribution is 7.47. The zero-order chi connectivity index (χ0) is 42.6. The summed E-state index contributed by atoms with van der Waals surface area (Å²) >= 11 is 0. The van der Waals surface area contributed by atoms with E-state index in [4.69, 9.17) is 19.1 Å². The molecule has 0 fully saturated rings. The van der Waals surface area contributed by atoms with Crippen LogP contribution in [0, 0.1) is 0 Å². The Morgan fingerprint density at radius 2 is 0.931 bits per heavy atom. The van der Waals surface area contributed by atoms with Crippen LogP contribution in [0.1, 0.15) is 174 Å². The molecule has 0 saturated carbocycles. The molecule has 0 aromatic rings. The Kier molecular flexibility index (Phi) is 40.6. The Labute approximate surface area is 352 Å². The Bertz CT molecular complexity index is 1190. The third-order valence-corrected chi connectivity index (χ3v) is 10.0. The van der Waals surface area contributed by atoms with E-state index in [1.807, 2.05) is 12.2 Å². The van der Waals surface area contributed by atoms with Gasteiger partial charge in [-0.2, -0.15) is 0 Å². The topological polar surface area (TPSA) is 149 Å². The summed E-state index contributed by atoms with van der Waals surface area (Å²) in [4.78, 5) is 35.0. The lowest BCUT2D eigenvalue weighted by atomic mass is 10.1. The fourth-order valence-electron chi connectivity index (χ4n) is 5.59. The zero-order valence-corrected chi connectivity index (χ0v) is 37.1. The summed E-state index contributed by atoms with van der Waals surface area (Å²) in [6.07, 6.45) is 48.8. The molecule has 0 aliphatic rings. The molecule has 0 rings (SSSR count). The van der Waals surface area contributed by atoms with Gasteiger partial charge in [-0.25, -0.2) is 4.57 Å². The number of rotatable bonds is 41. The third kappa shape index (κ3) is 41.6. The molecule has 0 amide bonds. The fraction of sp³-hybridized carbons (Fsp3) is 0.702. The highest BCUT2D eigenvalue weighted by Gasteiger charge is 2.27. The van der Waals surface area contributed by atoms with Gasteiger partial charge in [0.05, 0.1) is 19.8 Å². The predicted molar refractivity (Wildman–Crippen MR) is 237 cm³/mol. The Morgan fingerprint density at radius 3 is 1.45 bits per heavy atom. The van der Waals surface area contributed by atoms with Crippen LogP contribution in [0.2, 0.25) is 0 Å². The molecule has 58 heavy (non-hydrogen) atoms. The van der Waals surface area contributed by atoms with Crippen LogP contribution in [0.5, 0.6) is 0 Å². The van der Waals surface area contributed by atoms with Crippen molar-refractivity contribution in [2.24, 2.45) is 0 Å². The van der Waals surface area contributed by atoms with Crippen molar-refractivity contribution < 1.29 is 47.8 Å². The van der Waals surface area contributed by atoms with Gasteiger partial charge in [0, 0.05) is 12.8 Å². The van der Waals surface area contributed by atoms with Crippen LogP contribution in [0.25, 0.3) is 0 Å². The van der Waals surface area contributed by atoms with E-state index in [2.05, 4.69) is 79.1 Å². The summed E-state index contributed by atoms with van der Waals surface area (Å²) in [5, 5.41) is 18.3. The molecule has 10 nitrogen and oxygen atoms in total. The SMILES string of the molecule is CCCC/C=C/C/C=C/CCCCCCCC(=O)OC[C@H](COP(=O)(O)OC[C@@H](O)CO)OC(=O)CCC/C=C/C/C=C/C/C=C/C/C=C/CCCCCCCCC. The average Bonchev–Trinajstić information content (AvgIpc) is 3.21. The maximum absolute atomic E-state index is 12.6. The molecule has 0 bridgehead atoms. The number of hydrogen-bond donors (Lipinski definition) is 3. The first-order valence-corrected chi connectivity index (χ1v) is 23.9. The Balaban J connectivity index is 4.41. The van der Waals surface area contributed by atoms with E-state index >= 15 is 0 Å². The first-order valence-electron chi connectivity index (χ1n) is 22.4. The second-order valence-corrected chi connectivity index (χ2v) is 16.2. The van der Waals surface area contributed by atoms with Crippen molar-refractivity contribution in [1.82, 2.24) is 0 Å². The minimum absolute atomic E-state index is 0.102. The van der Waals surface area contributed by atoms with E-state index < -0.39 is 51.8 Å². The Morgan fingerprint density at radius 1 is 0.517 bits per heavy atom. The van der Waals surface area contributed by atoms with E-state index in [0.717, 1.165) is 64.2 Å². The number of phosphoric ester groups is 1. The van der Waals surface area contributed by atoms with Crippen LogP contribution in [-0.2, 0) is 32.7 Å². The van der Waals surface area contributed by atoms with Crippen molar-refractivity contribution in [3.63, 3.8) is 0 Å². The molecule has 11 heteroatoms. The van der Waals surface area contributed by atoms with Gasteiger partial charge in [0.15, 0.2) is 6.10 Å². The van der Waals surface area contributed by atoms with Crippen LogP contribution < -0.4 is 0 Å². The molecule has 1 unspecified atom stereocenters. The van der Waals surface area contributed by atoms with E-state index in [9.17, 15) is 24.2 Å². The highest BCUT2D eigenvalue weighted by Crippen LogP contribution is 2.43. The number of phosphoric acid groups is 1. The molecule has 3 N–H and O–H groups in total. The molecule has 0 aromatic carbocycles. The minimum atomic E-state index is -4.64. The maximum atomic E-state index is 12.6. The molecule has 0 saturated heterocycles. The standard InChI is InChI=1S/C47H81O10P/c1-3-5-7-9-11-13-15-17-19-20-21-22-23-24-25-27-29-31-33-35-37-39-47(51)57-45(43-56-58(52,53)55-41-44(49)40-48)42-54-46(50)38-36-34-32-30-28-26-18-16-14-12-10-8-6-4-2/h10,12,16,18-20,22-23,25,27,31,33,44-45,48-49H,3-9,11,13-15,17,21,24,26,28-30,32,34-43H2,1-2H3,(H,52,53)/b12-10+,18-16+,20-19+,23-22+,27-25+,33-31+/t44-,45+/m0/s1. The number of carbonyl (C=O) groups is 2. The lowest BCUT2D eigenvalue weighted by molar-refractivity contribution is -0.161. The van der Waals surface area contributed by atoms with Gasteiger partial charge in [-0.3, -0.25) is 18.6 Å². The van der Waals surface area contributed by atoms with Gasteiger partial charge in [-0.15, -0.1) is 0 Å². The van der Waals surface area contributed by atoms with Crippen molar-refractivity contribution in [2.75, 3.05) is 26.4 Å². The van der Waals surface area contributed by atoms with Crippen molar-refractivity contribution in [3.05, 3.63) is 72.9 Å². The van der Waals surface area contributed by atoms with Gasteiger partial charge in [-0.1, -0.05) is 157 Å². The van der Waals surface area contributed by atoms with Gasteiger partial charge < -0.3 is 24.6 Å². The van der Waals surface area contributed by atoms with Crippen LogP contribution in [0.15, 0.2) is 72.9 Å². The largest absolute Gasteiger partial charge is 0.472 e. The lowest BCUT2D eigenvalue weighted by Gasteiger charge is -2.20. The molecular weight excluding hydrogens is 755 g/mol. The number of allylic oxidation sites excluding steroid dienone is 12. The van der Waals surface area contributed by atoms with Crippen molar-refractivity contribution in [3.8, 4) is 0 Å². The summed E-state index contributed by atoms with van der Waals surface area (Å²) < 4.78 is 32.6. The first-order chi connectivity index (χ1) is 28.2. The number of carbonyl (C=O) groups excluding carboxylic acids is 2. The second kappa shape index (κ2) is 42.5. The molecule has 0 aliphatic carbocycles. The van der Waals surface area contributed by atoms with Crippen LogP contribution in [-0.4, -0.2) is 65.7 Å².